The number of rotatable bonds is 1. The molecule has 0 saturated carbocycles. The lowest BCUT2D eigenvalue weighted by molar-refractivity contribution is 0.784. The molecule has 1 unspecified atom stereocenters. The molecule has 0 spiro atoms. The quantitative estimate of drug-likeness (QED) is 0.464. The molecule has 0 aromatic heterocycles. The minimum Gasteiger partial charge on any atom is -0.0770 e. The second-order valence-electron chi connectivity index (χ2n) is 1.76. The summed E-state index contributed by atoms with van der Waals surface area (Å²) in [5, 5.41) is 0. The summed E-state index contributed by atoms with van der Waals surface area (Å²) in [6, 6.07) is 0. The highest BCUT2D eigenvalue weighted by atomic mass is 14.0. The molecule has 0 bridgehead atoms. The van der Waals surface area contributed by atoms with Crippen molar-refractivity contribution in [3.8, 4) is 0 Å². The molecule has 0 aromatic rings. The lowest BCUT2D eigenvalue weighted by Gasteiger charge is -1.93. The highest BCUT2D eigenvalue weighted by molar-refractivity contribution is 5.11. The zero-order valence-corrected chi connectivity index (χ0v) is 4.52. The van der Waals surface area contributed by atoms with E-state index in [1.54, 1.807) is 0 Å². The minimum absolute atomic E-state index is 0.681. The van der Waals surface area contributed by atoms with Crippen LogP contribution < -0.4 is 0 Å². The Balaban J connectivity index is 2.44. The van der Waals surface area contributed by atoms with Crippen LogP contribution in [0.5, 0.6) is 0 Å². The van der Waals surface area contributed by atoms with Gasteiger partial charge in [-0.2, -0.15) is 0 Å². The third kappa shape index (κ3) is 0.923. The van der Waals surface area contributed by atoms with Crippen LogP contribution in [-0.4, -0.2) is 0 Å². The minimum atomic E-state index is 0.681. The van der Waals surface area contributed by atoms with E-state index in [0.717, 1.165) is 0 Å². The fourth-order valence-corrected chi connectivity index (χ4v) is 0.668. The molecule has 0 aromatic carbocycles. The van der Waals surface area contributed by atoms with E-state index in [0.29, 0.717) is 5.92 Å². The Bertz CT molecular complexity index is 86.6. The molecule has 0 N–H and O–H groups in total. The van der Waals surface area contributed by atoms with Crippen molar-refractivity contribution in [3.63, 3.8) is 0 Å². The van der Waals surface area contributed by atoms with E-state index in [1.165, 1.54) is 6.42 Å². The SMILES string of the molecule is CCC1C=[C]C=C1. The van der Waals surface area contributed by atoms with Gasteiger partial charge >= 0.3 is 0 Å². The van der Waals surface area contributed by atoms with Gasteiger partial charge in [-0.05, 0) is 18.4 Å². The normalized spacial score (nSPS) is 19.0. The molecule has 1 atom stereocenters. The maximum Gasteiger partial charge on any atom is -0.00436 e. The smallest absolute Gasteiger partial charge is 0.00436 e. The molecule has 7 heavy (non-hydrogen) atoms. The highest BCUT2D eigenvalue weighted by Gasteiger charge is 1.96. The largest absolute Gasteiger partial charge is 0.0770 e. The Morgan fingerprint density at radius 1 is 1.71 bits per heavy atom. The van der Waals surface area contributed by atoms with Gasteiger partial charge in [0.2, 0.25) is 0 Å². The molecule has 0 fully saturated rings. The van der Waals surface area contributed by atoms with Crippen molar-refractivity contribution < 1.29 is 0 Å². The van der Waals surface area contributed by atoms with Gasteiger partial charge < -0.3 is 0 Å². The van der Waals surface area contributed by atoms with E-state index >= 15 is 0 Å². The van der Waals surface area contributed by atoms with Crippen LogP contribution in [0.4, 0.5) is 0 Å². The molecule has 0 saturated heterocycles. The van der Waals surface area contributed by atoms with Crippen molar-refractivity contribution in [3.05, 3.63) is 24.3 Å². The highest BCUT2D eigenvalue weighted by Crippen LogP contribution is 2.10. The molecule has 0 amide bonds. The van der Waals surface area contributed by atoms with Crippen LogP contribution in [0.15, 0.2) is 18.2 Å². The maximum absolute atomic E-state index is 3.02. The van der Waals surface area contributed by atoms with Crippen LogP contribution in [0.1, 0.15) is 13.3 Å². The Morgan fingerprint density at radius 3 is 2.86 bits per heavy atom. The van der Waals surface area contributed by atoms with Gasteiger partial charge in [-0.25, -0.2) is 0 Å². The van der Waals surface area contributed by atoms with E-state index in [1.807, 2.05) is 6.08 Å². The molecule has 1 radical (unpaired) electrons. The summed E-state index contributed by atoms with van der Waals surface area (Å²) in [4.78, 5) is 0. The molecular weight excluding hydrogens is 84.1 g/mol. The predicted molar refractivity (Wildman–Crippen MR) is 30.7 cm³/mol. The second kappa shape index (κ2) is 1.97. The molecule has 37 valence electrons. The first kappa shape index (κ1) is 4.63. The Hall–Kier alpha value is -0.520. The predicted octanol–water partition coefficient (Wildman–Crippen LogP) is 1.94. The third-order valence-electron chi connectivity index (χ3n) is 1.22. The molecular formula is C7H9. The fraction of sp³-hybridized carbons (Fsp3) is 0.429. The lowest BCUT2D eigenvalue weighted by Crippen LogP contribution is -1.81. The molecule has 1 aliphatic carbocycles. The first-order valence-corrected chi connectivity index (χ1v) is 2.69. The first-order valence-electron chi connectivity index (χ1n) is 2.69. The van der Waals surface area contributed by atoms with Gasteiger partial charge in [0.1, 0.15) is 0 Å². The summed E-state index contributed by atoms with van der Waals surface area (Å²) in [6.45, 7) is 2.18. The van der Waals surface area contributed by atoms with Crippen LogP contribution in [0.25, 0.3) is 0 Å². The molecule has 0 nitrogen and oxygen atoms in total. The third-order valence-corrected chi connectivity index (χ3v) is 1.22. The summed E-state index contributed by atoms with van der Waals surface area (Å²) >= 11 is 0. The van der Waals surface area contributed by atoms with Crippen LogP contribution in [0.2, 0.25) is 0 Å². The van der Waals surface area contributed by atoms with E-state index in [4.69, 9.17) is 0 Å². The number of allylic oxidation sites excluding steroid dienone is 4. The van der Waals surface area contributed by atoms with Gasteiger partial charge in [-0.1, -0.05) is 25.2 Å². The van der Waals surface area contributed by atoms with Crippen molar-refractivity contribution in [2.24, 2.45) is 5.92 Å². The van der Waals surface area contributed by atoms with E-state index in [-0.39, 0.29) is 0 Å². The van der Waals surface area contributed by atoms with Crippen LogP contribution in [-0.2, 0) is 0 Å². The monoisotopic (exact) mass is 93.1 g/mol. The van der Waals surface area contributed by atoms with Gasteiger partial charge in [0.25, 0.3) is 0 Å². The average Bonchev–Trinajstić information content (AvgIpc) is 2.14. The van der Waals surface area contributed by atoms with Gasteiger partial charge in [-0.15, -0.1) is 0 Å². The van der Waals surface area contributed by atoms with E-state index in [9.17, 15) is 0 Å². The first-order chi connectivity index (χ1) is 3.43. The van der Waals surface area contributed by atoms with Crippen LogP contribution in [0, 0.1) is 12.0 Å². The second-order valence-corrected chi connectivity index (χ2v) is 1.76. The summed E-state index contributed by atoms with van der Waals surface area (Å²) in [5.74, 6) is 0.681. The standard InChI is InChI=1S/C7H9/c1-2-7-5-3-4-6-7/h3,5-7H,2H2,1H3. The Morgan fingerprint density at radius 2 is 2.57 bits per heavy atom. The lowest BCUT2D eigenvalue weighted by atomic mass is 10.1. The molecule has 0 aliphatic heterocycles. The van der Waals surface area contributed by atoms with E-state index < -0.39 is 0 Å². The topological polar surface area (TPSA) is 0 Å². The van der Waals surface area contributed by atoms with Gasteiger partial charge in [0.05, 0.1) is 0 Å². The maximum atomic E-state index is 3.02. The fourth-order valence-electron chi connectivity index (χ4n) is 0.668. The number of hydrogen-bond donors (Lipinski definition) is 0. The Labute approximate surface area is 44.5 Å². The molecule has 0 heterocycles. The molecule has 1 rings (SSSR count). The van der Waals surface area contributed by atoms with Gasteiger partial charge in [0, 0.05) is 0 Å². The van der Waals surface area contributed by atoms with Gasteiger partial charge in [0.15, 0.2) is 0 Å². The van der Waals surface area contributed by atoms with Crippen molar-refractivity contribution in [1.29, 1.82) is 0 Å². The number of hydrogen-bond acceptors (Lipinski definition) is 0. The van der Waals surface area contributed by atoms with E-state index in [2.05, 4.69) is 25.2 Å². The van der Waals surface area contributed by atoms with Crippen molar-refractivity contribution >= 4 is 0 Å². The van der Waals surface area contributed by atoms with Gasteiger partial charge in [-0.3, -0.25) is 0 Å². The summed E-state index contributed by atoms with van der Waals surface area (Å²) in [5.41, 5.74) is 0. The average molecular weight is 93.1 g/mol. The van der Waals surface area contributed by atoms with Crippen molar-refractivity contribution in [1.82, 2.24) is 0 Å². The van der Waals surface area contributed by atoms with Crippen molar-refractivity contribution in [2.75, 3.05) is 0 Å². The molecule has 1 aliphatic rings. The van der Waals surface area contributed by atoms with Crippen LogP contribution >= 0.6 is 0 Å². The van der Waals surface area contributed by atoms with Crippen LogP contribution in [0.3, 0.4) is 0 Å². The molecule has 0 heteroatoms. The summed E-state index contributed by atoms with van der Waals surface area (Å²) in [7, 11) is 0. The zero-order valence-electron chi connectivity index (χ0n) is 4.52. The zero-order chi connectivity index (χ0) is 5.11. The summed E-state index contributed by atoms with van der Waals surface area (Å²) < 4.78 is 0. The Kier molecular flexibility index (Phi) is 1.30. The summed E-state index contributed by atoms with van der Waals surface area (Å²) in [6.07, 6.45) is 10.5. The van der Waals surface area contributed by atoms with Crippen molar-refractivity contribution in [2.45, 2.75) is 13.3 Å².